The summed E-state index contributed by atoms with van der Waals surface area (Å²) in [4.78, 5) is 20.7. The van der Waals surface area contributed by atoms with Crippen molar-refractivity contribution in [1.82, 2.24) is 9.97 Å². The molecule has 0 saturated heterocycles. The Balaban J connectivity index is 1.59. The maximum Gasteiger partial charge on any atom is 0.274 e. The number of halogens is 2. The highest BCUT2D eigenvalue weighted by molar-refractivity contribution is 6.35. The molecule has 1 aromatic heterocycles. The van der Waals surface area contributed by atoms with Crippen LogP contribution in [-0.4, -0.2) is 22.4 Å². The lowest BCUT2D eigenvalue weighted by molar-refractivity contribution is 0.102. The Morgan fingerprint density at radius 3 is 2.62 bits per heavy atom. The molecule has 5 nitrogen and oxygen atoms in total. The lowest BCUT2D eigenvalue weighted by Gasteiger charge is -2.08. The molecule has 0 spiro atoms. The van der Waals surface area contributed by atoms with E-state index in [4.69, 9.17) is 23.2 Å². The molecular weight excluding hydrogens is 371 g/mol. The molecule has 0 saturated carbocycles. The Hall–Kier alpha value is -2.63. The van der Waals surface area contributed by atoms with Crippen molar-refractivity contribution >= 4 is 40.7 Å². The number of hydrogen-bond donors (Lipinski definition) is 2. The SMILES string of the molecule is O=C(Nc1ccccc1)c1ccnc(NCCc2ccc(Cl)cc2Cl)n1. The summed E-state index contributed by atoms with van der Waals surface area (Å²) in [6.45, 7) is 0.575. The van der Waals surface area contributed by atoms with E-state index in [0.717, 1.165) is 5.56 Å². The maximum atomic E-state index is 12.3. The molecule has 0 fully saturated rings. The molecule has 3 aromatic rings. The Kier molecular flexibility index (Phi) is 6.04. The van der Waals surface area contributed by atoms with Gasteiger partial charge >= 0.3 is 0 Å². The van der Waals surface area contributed by atoms with E-state index in [9.17, 15) is 4.79 Å². The van der Waals surface area contributed by atoms with Gasteiger partial charge in [0.25, 0.3) is 5.91 Å². The van der Waals surface area contributed by atoms with Crippen LogP contribution in [0.3, 0.4) is 0 Å². The monoisotopic (exact) mass is 386 g/mol. The van der Waals surface area contributed by atoms with Crippen LogP contribution in [0.2, 0.25) is 10.0 Å². The molecule has 0 aliphatic rings. The van der Waals surface area contributed by atoms with E-state index in [1.54, 1.807) is 24.4 Å². The van der Waals surface area contributed by atoms with Gasteiger partial charge in [-0.2, -0.15) is 0 Å². The van der Waals surface area contributed by atoms with Gasteiger partial charge in [-0.1, -0.05) is 47.5 Å². The molecule has 2 aromatic carbocycles. The molecule has 1 amide bonds. The number of aromatic nitrogens is 2. The normalized spacial score (nSPS) is 10.4. The average molecular weight is 387 g/mol. The molecular formula is C19H16Cl2N4O. The van der Waals surface area contributed by atoms with Gasteiger partial charge in [0.05, 0.1) is 0 Å². The zero-order valence-corrected chi connectivity index (χ0v) is 15.3. The van der Waals surface area contributed by atoms with Crippen molar-refractivity contribution < 1.29 is 4.79 Å². The van der Waals surface area contributed by atoms with Crippen molar-refractivity contribution in [3.05, 3.63) is 82.1 Å². The largest absolute Gasteiger partial charge is 0.354 e. The maximum absolute atomic E-state index is 12.3. The second-order valence-electron chi connectivity index (χ2n) is 5.50. The number of para-hydroxylation sites is 1. The van der Waals surface area contributed by atoms with Gasteiger partial charge in [-0.15, -0.1) is 0 Å². The van der Waals surface area contributed by atoms with Crippen LogP contribution in [0.15, 0.2) is 60.8 Å². The van der Waals surface area contributed by atoms with Crippen molar-refractivity contribution in [3.8, 4) is 0 Å². The summed E-state index contributed by atoms with van der Waals surface area (Å²) in [5.41, 5.74) is 1.97. The van der Waals surface area contributed by atoms with Gasteiger partial charge in [0, 0.05) is 28.5 Å². The van der Waals surface area contributed by atoms with Gasteiger partial charge in [-0.25, -0.2) is 9.97 Å². The summed E-state index contributed by atoms with van der Waals surface area (Å²) in [6, 6.07) is 16.2. The van der Waals surface area contributed by atoms with E-state index < -0.39 is 0 Å². The van der Waals surface area contributed by atoms with Crippen LogP contribution in [0, 0.1) is 0 Å². The fourth-order valence-electron chi connectivity index (χ4n) is 2.32. The number of nitrogens with zero attached hydrogens (tertiary/aromatic N) is 2. The number of anilines is 2. The summed E-state index contributed by atoms with van der Waals surface area (Å²) < 4.78 is 0. The molecule has 0 bridgehead atoms. The molecule has 3 rings (SSSR count). The van der Waals surface area contributed by atoms with E-state index in [2.05, 4.69) is 20.6 Å². The third kappa shape index (κ3) is 4.94. The molecule has 0 aliphatic heterocycles. The Morgan fingerprint density at radius 1 is 1.04 bits per heavy atom. The highest BCUT2D eigenvalue weighted by Gasteiger charge is 2.09. The Bertz CT molecular complexity index is 903. The fourth-order valence-corrected chi connectivity index (χ4v) is 2.82. The van der Waals surface area contributed by atoms with Gasteiger partial charge in [-0.05, 0) is 42.3 Å². The standard InChI is InChI=1S/C19H16Cl2N4O/c20-14-7-6-13(16(21)12-14)8-10-22-19-23-11-9-17(25-19)18(26)24-15-4-2-1-3-5-15/h1-7,9,11-12H,8,10H2,(H,24,26)(H,22,23,25). The second kappa shape index (κ2) is 8.65. The molecule has 0 radical (unpaired) electrons. The molecule has 26 heavy (non-hydrogen) atoms. The van der Waals surface area contributed by atoms with Crippen LogP contribution in [0.1, 0.15) is 16.1 Å². The fraction of sp³-hybridized carbons (Fsp3) is 0.105. The van der Waals surface area contributed by atoms with Crippen molar-refractivity contribution in [3.63, 3.8) is 0 Å². The van der Waals surface area contributed by atoms with Crippen LogP contribution in [0.4, 0.5) is 11.6 Å². The number of carbonyl (C=O) groups excluding carboxylic acids is 1. The zero-order valence-electron chi connectivity index (χ0n) is 13.7. The number of carbonyl (C=O) groups is 1. The lowest BCUT2D eigenvalue weighted by Crippen LogP contribution is -2.16. The van der Waals surface area contributed by atoms with Gasteiger partial charge in [0.2, 0.25) is 5.95 Å². The highest BCUT2D eigenvalue weighted by Crippen LogP contribution is 2.21. The minimum absolute atomic E-state index is 0.288. The second-order valence-corrected chi connectivity index (χ2v) is 6.34. The third-order valence-corrected chi connectivity index (χ3v) is 4.20. The summed E-state index contributed by atoms with van der Waals surface area (Å²) in [7, 11) is 0. The van der Waals surface area contributed by atoms with Crippen molar-refractivity contribution in [2.45, 2.75) is 6.42 Å². The van der Waals surface area contributed by atoms with Crippen LogP contribution in [-0.2, 0) is 6.42 Å². The average Bonchev–Trinajstić information content (AvgIpc) is 2.64. The van der Waals surface area contributed by atoms with Gasteiger partial charge in [0.1, 0.15) is 5.69 Å². The van der Waals surface area contributed by atoms with Crippen LogP contribution in [0.5, 0.6) is 0 Å². The number of hydrogen-bond acceptors (Lipinski definition) is 4. The molecule has 0 unspecified atom stereocenters. The highest BCUT2D eigenvalue weighted by atomic mass is 35.5. The van der Waals surface area contributed by atoms with Gasteiger partial charge in [-0.3, -0.25) is 4.79 Å². The molecule has 1 heterocycles. The predicted molar refractivity (Wildman–Crippen MR) is 105 cm³/mol. The van der Waals surface area contributed by atoms with Gasteiger partial charge < -0.3 is 10.6 Å². The summed E-state index contributed by atoms with van der Waals surface area (Å²) in [5, 5.41) is 7.12. The summed E-state index contributed by atoms with van der Waals surface area (Å²) >= 11 is 12.1. The Morgan fingerprint density at radius 2 is 1.85 bits per heavy atom. The van der Waals surface area contributed by atoms with E-state index in [1.165, 1.54) is 0 Å². The van der Waals surface area contributed by atoms with E-state index in [1.807, 2.05) is 36.4 Å². The van der Waals surface area contributed by atoms with Crippen molar-refractivity contribution in [2.24, 2.45) is 0 Å². The van der Waals surface area contributed by atoms with Crippen molar-refractivity contribution in [2.75, 3.05) is 17.2 Å². The first kappa shape index (κ1) is 18.2. The molecule has 2 N–H and O–H groups in total. The van der Waals surface area contributed by atoms with Crippen LogP contribution >= 0.6 is 23.2 Å². The predicted octanol–water partition coefficient (Wildman–Crippen LogP) is 4.69. The summed E-state index contributed by atoms with van der Waals surface area (Å²) in [5.74, 6) is 0.0955. The number of nitrogens with one attached hydrogen (secondary N) is 2. The third-order valence-electron chi connectivity index (χ3n) is 3.61. The first-order valence-corrected chi connectivity index (χ1v) is 8.74. The first-order chi connectivity index (χ1) is 12.6. The topological polar surface area (TPSA) is 66.9 Å². The summed E-state index contributed by atoms with van der Waals surface area (Å²) in [6.07, 6.45) is 2.23. The minimum Gasteiger partial charge on any atom is -0.354 e. The quantitative estimate of drug-likeness (QED) is 0.644. The molecule has 7 heteroatoms. The van der Waals surface area contributed by atoms with Crippen molar-refractivity contribution in [1.29, 1.82) is 0 Å². The smallest absolute Gasteiger partial charge is 0.274 e. The number of amides is 1. The zero-order chi connectivity index (χ0) is 18.4. The first-order valence-electron chi connectivity index (χ1n) is 7.99. The molecule has 0 atom stereocenters. The van der Waals surface area contributed by atoms with E-state index >= 15 is 0 Å². The van der Waals surface area contributed by atoms with Gasteiger partial charge in [0.15, 0.2) is 0 Å². The number of benzene rings is 2. The molecule has 132 valence electrons. The molecule has 0 aliphatic carbocycles. The van der Waals surface area contributed by atoms with Crippen LogP contribution < -0.4 is 10.6 Å². The number of rotatable bonds is 6. The Labute approximate surface area is 161 Å². The van der Waals surface area contributed by atoms with E-state index in [-0.39, 0.29) is 11.6 Å². The lowest BCUT2D eigenvalue weighted by atomic mass is 10.1. The van der Waals surface area contributed by atoms with E-state index in [0.29, 0.717) is 34.6 Å². The van der Waals surface area contributed by atoms with Crippen LogP contribution in [0.25, 0.3) is 0 Å². The minimum atomic E-state index is -0.289.